The minimum Gasteiger partial charge on any atom is -0.326 e. The minimum atomic E-state index is -1.16. The van der Waals surface area contributed by atoms with Crippen molar-refractivity contribution in [1.82, 2.24) is 10.4 Å². The molecule has 1 aliphatic rings. The van der Waals surface area contributed by atoms with E-state index in [0.717, 1.165) is 0 Å². The molecule has 1 aliphatic heterocycles. The normalized spacial score (nSPS) is 19.5. The van der Waals surface area contributed by atoms with Crippen LogP contribution >= 0.6 is 0 Å². The zero-order valence-electron chi connectivity index (χ0n) is 10.3. The van der Waals surface area contributed by atoms with Crippen LogP contribution in [0.1, 0.15) is 16.8 Å². The monoisotopic (exact) mass is 282 g/mol. The lowest BCUT2D eigenvalue weighted by atomic mass is 10.0. The van der Waals surface area contributed by atoms with Gasteiger partial charge < -0.3 is 4.90 Å². The number of hydroxylamine groups is 1. The van der Waals surface area contributed by atoms with Gasteiger partial charge in [0.2, 0.25) is 0 Å². The van der Waals surface area contributed by atoms with Gasteiger partial charge in [0, 0.05) is 34.1 Å². The van der Waals surface area contributed by atoms with Crippen LogP contribution in [0.3, 0.4) is 0 Å². The number of likely N-dealkylation sites (tertiary alicyclic amines) is 1. The van der Waals surface area contributed by atoms with E-state index in [1.165, 1.54) is 11.2 Å². The number of nitrogens with zero attached hydrogens (tertiary/aromatic N) is 1. The summed E-state index contributed by atoms with van der Waals surface area (Å²) in [7, 11) is -1.16. The first-order valence-electron chi connectivity index (χ1n) is 5.73. The largest absolute Gasteiger partial charge is 0.326 e. The Morgan fingerprint density at radius 1 is 1.47 bits per heavy atom. The van der Waals surface area contributed by atoms with Crippen molar-refractivity contribution < 1.29 is 19.0 Å². The molecule has 7 heteroatoms. The number of rotatable bonds is 3. The lowest BCUT2D eigenvalue weighted by molar-refractivity contribution is -0.137. The third kappa shape index (κ3) is 2.66. The van der Waals surface area contributed by atoms with E-state index >= 15 is 0 Å². The fourth-order valence-electron chi connectivity index (χ4n) is 1.95. The molecule has 102 valence electrons. The van der Waals surface area contributed by atoms with Gasteiger partial charge in [-0.25, -0.2) is 5.48 Å². The molecule has 6 nitrogen and oxygen atoms in total. The second-order valence-corrected chi connectivity index (χ2v) is 5.64. The summed E-state index contributed by atoms with van der Waals surface area (Å²) in [6.45, 7) is 0.469. The summed E-state index contributed by atoms with van der Waals surface area (Å²) < 4.78 is 11.4. The van der Waals surface area contributed by atoms with Crippen LogP contribution in [-0.2, 0) is 15.6 Å². The van der Waals surface area contributed by atoms with Gasteiger partial charge in [0.15, 0.2) is 0 Å². The summed E-state index contributed by atoms with van der Waals surface area (Å²) in [4.78, 5) is 25.5. The van der Waals surface area contributed by atoms with Crippen molar-refractivity contribution in [3.8, 4) is 0 Å². The van der Waals surface area contributed by atoms with Crippen LogP contribution in [0.4, 0.5) is 0 Å². The maximum atomic E-state index is 12.2. The minimum absolute atomic E-state index is 0.299. The van der Waals surface area contributed by atoms with E-state index in [-0.39, 0.29) is 5.91 Å². The molecule has 2 amide bonds. The zero-order valence-corrected chi connectivity index (χ0v) is 11.1. The Morgan fingerprint density at radius 3 is 2.74 bits per heavy atom. The van der Waals surface area contributed by atoms with Crippen molar-refractivity contribution in [1.29, 1.82) is 0 Å². The van der Waals surface area contributed by atoms with Crippen molar-refractivity contribution in [2.45, 2.75) is 17.4 Å². The van der Waals surface area contributed by atoms with E-state index < -0.39 is 22.7 Å². The fraction of sp³-hybridized carbons (Fsp3) is 0.333. The number of hydrogen-bond acceptors (Lipinski definition) is 4. The standard InChI is InChI=1S/C12H14N2O4S/c1-19(18)9-4-2-3-8(7-9)12(16)14-6-5-10(14)11(15)13-17/h2-4,7,10,17H,5-6H2,1H3,(H,13,15)/t10-,19?/m1/s1. The Balaban J connectivity index is 2.18. The van der Waals surface area contributed by atoms with Crippen LogP contribution < -0.4 is 5.48 Å². The quantitative estimate of drug-likeness (QED) is 0.610. The molecule has 0 spiro atoms. The molecular formula is C12H14N2O4S. The summed E-state index contributed by atoms with van der Waals surface area (Å²) in [5.74, 6) is -0.887. The van der Waals surface area contributed by atoms with Crippen LogP contribution in [0.5, 0.6) is 0 Å². The first-order chi connectivity index (χ1) is 9.04. The second kappa shape index (κ2) is 5.50. The summed E-state index contributed by atoms with van der Waals surface area (Å²) in [5.41, 5.74) is 1.94. The number of benzene rings is 1. The van der Waals surface area contributed by atoms with E-state index in [4.69, 9.17) is 5.21 Å². The van der Waals surface area contributed by atoms with Crippen LogP contribution in [0, 0.1) is 0 Å². The Morgan fingerprint density at radius 2 is 2.21 bits per heavy atom. The fourth-order valence-corrected chi connectivity index (χ4v) is 2.51. The van der Waals surface area contributed by atoms with E-state index in [9.17, 15) is 13.8 Å². The maximum Gasteiger partial charge on any atom is 0.266 e. The van der Waals surface area contributed by atoms with Crippen molar-refractivity contribution in [3.05, 3.63) is 29.8 Å². The zero-order chi connectivity index (χ0) is 14.0. The molecule has 2 rings (SSSR count). The van der Waals surface area contributed by atoms with Gasteiger partial charge in [-0.1, -0.05) is 6.07 Å². The highest BCUT2D eigenvalue weighted by Crippen LogP contribution is 2.21. The lowest BCUT2D eigenvalue weighted by Gasteiger charge is -2.39. The van der Waals surface area contributed by atoms with Crippen molar-refractivity contribution in [2.75, 3.05) is 12.8 Å². The molecule has 1 aromatic carbocycles. The summed E-state index contributed by atoms with van der Waals surface area (Å²) >= 11 is 0. The van der Waals surface area contributed by atoms with Crippen LogP contribution in [0.2, 0.25) is 0 Å². The Bertz CT molecular complexity index is 546. The second-order valence-electron chi connectivity index (χ2n) is 4.26. The van der Waals surface area contributed by atoms with Crippen LogP contribution in [0.25, 0.3) is 0 Å². The smallest absolute Gasteiger partial charge is 0.266 e. The van der Waals surface area contributed by atoms with Crippen molar-refractivity contribution in [2.24, 2.45) is 0 Å². The molecule has 1 unspecified atom stereocenters. The highest BCUT2D eigenvalue weighted by atomic mass is 32.2. The van der Waals surface area contributed by atoms with Gasteiger partial charge >= 0.3 is 0 Å². The maximum absolute atomic E-state index is 12.2. The highest BCUT2D eigenvalue weighted by molar-refractivity contribution is 7.84. The average Bonchev–Trinajstić information content (AvgIpc) is 2.37. The molecule has 1 aromatic rings. The third-order valence-corrected chi connectivity index (χ3v) is 4.02. The van der Waals surface area contributed by atoms with Gasteiger partial charge in [0.1, 0.15) is 6.04 Å². The molecule has 0 radical (unpaired) electrons. The molecular weight excluding hydrogens is 268 g/mol. The van der Waals surface area contributed by atoms with Gasteiger partial charge in [-0.2, -0.15) is 0 Å². The Labute approximate surface area is 112 Å². The summed E-state index contributed by atoms with van der Waals surface area (Å²) in [6, 6.07) is 5.88. The first-order valence-corrected chi connectivity index (χ1v) is 7.29. The predicted octanol–water partition coefficient (Wildman–Crippen LogP) is 0.144. The van der Waals surface area contributed by atoms with E-state index in [0.29, 0.717) is 23.4 Å². The summed E-state index contributed by atoms with van der Waals surface area (Å²) in [5, 5.41) is 8.58. The molecule has 0 saturated carbocycles. The van der Waals surface area contributed by atoms with Crippen molar-refractivity contribution >= 4 is 22.6 Å². The SMILES string of the molecule is CS(=O)c1cccc(C(=O)N2CC[C@@H]2C(=O)NO)c1. The molecule has 0 aliphatic carbocycles. The van der Waals surface area contributed by atoms with E-state index in [2.05, 4.69) is 0 Å². The number of carbonyl (C=O) groups is 2. The van der Waals surface area contributed by atoms with Crippen LogP contribution in [-0.4, -0.2) is 45.0 Å². The average molecular weight is 282 g/mol. The molecule has 0 bridgehead atoms. The Kier molecular flexibility index (Phi) is 3.96. The topological polar surface area (TPSA) is 86.7 Å². The molecule has 2 atom stereocenters. The Hall–Kier alpha value is -1.73. The van der Waals surface area contributed by atoms with E-state index in [1.54, 1.807) is 29.7 Å². The molecule has 2 N–H and O–H groups in total. The van der Waals surface area contributed by atoms with Crippen molar-refractivity contribution in [3.63, 3.8) is 0 Å². The first kappa shape index (κ1) is 13.7. The molecule has 1 fully saturated rings. The highest BCUT2D eigenvalue weighted by Gasteiger charge is 2.37. The number of amides is 2. The number of carbonyl (C=O) groups excluding carboxylic acids is 2. The van der Waals surface area contributed by atoms with Gasteiger partial charge in [-0.15, -0.1) is 0 Å². The lowest BCUT2D eigenvalue weighted by Crippen LogP contribution is -2.57. The van der Waals surface area contributed by atoms with Gasteiger partial charge in [0.05, 0.1) is 0 Å². The number of nitrogens with one attached hydrogen (secondary N) is 1. The van der Waals surface area contributed by atoms with Crippen LogP contribution in [0.15, 0.2) is 29.2 Å². The van der Waals surface area contributed by atoms with Gasteiger partial charge in [-0.3, -0.25) is 19.0 Å². The molecule has 1 saturated heterocycles. The molecule has 19 heavy (non-hydrogen) atoms. The van der Waals surface area contributed by atoms with Gasteiger partial charge in [-0.05, 0) is 24.6 Å². The summed E-state index contributed by atoms with van der Waals surface area (Å²) in [6.07, 6.45) is 2.06. The van der Waals surface area contributed by atoms with Gasteiger partial charge in [0.25, 0.3) is 11.8 Å². The third-order valence-electron chi connectivity index (χ3n) is 3.11. The molecule has 0 aromatic heterocycles. The number of hydrogen-bond donors (Lipinski definition) is 2. The predicted molar refractivity (Wildman–Crippen MR) is 68.1 cm³/mol. The van der Waals surface area contributed by atoms with E-state index in [1.807, 2.05) is 0 Å². The molecule has 1 heterocycles.